The highest BCUT2D eigenvalue weighted by molar-refractivity contribution is 5.89. The number of nitrogens with two attached hydrogens (primary N) is 1. The number of carbonyl (C=O) groups excluding carboxylic acids is 1. The van der Waals surface area contributed by atoms with Gasteiger partial charge < -0.3 is 20.5 Å². The Morgan fingerprint density at radius 3 is 1.74 bits per heavy atom. The number of pyridine rings is 2. The number of nitrogens with zero attached hydrogens (tertiary/aromatic N) is 4. The predicted molar refractivity (Wildman–Crippen MR) is 143 cm³/mol. The fourth-order valence-electron chi connectivity index (χ4n) is 3.01. The van der Waals surface area contributed by atoms with Gasteiger partial charge in [-0.1, -0.05) is 6.92 Å². The number of carbonyl (C=O) groups is 1. The third-order valence-electron chi connectivity index (χ3n) is 4.79. The van der Waals surface area contributed by atoms with Crippen molar-refractivity contribution in [3.05, 3.63) is 105 Å². The molecule has 13 nitrogen and oxygen atoms in total. The smallest absolute Gasteiger partial charge is 0.269 e. The summed E-state index contributed by atoms with van der Waals surface area (Å²) in [7, 11) is 0. The highest BCUT2D eigenvalue weighted by Gasteiger charge is 2.07. The number of ether oxygens (including phenoxy) is 2. The van der Waals surface area contributed by atoms with Crippen molar-refractivity contribution in [2.75, 3.05) is 11.1 Å². The van der Waals surface area contributed by atoms with Crippen molar-refractivity contribution in [2.45, 2.75) is 19.8 Å². The van der Waals surface area contributed by atoms with Gasteiger partial charge >= 0.3 is 0 Å². The van der Waals surface area contributed by atoms with E-state index in [-0.39, 0.29) is 17.3 Å². The fourth-order valence-corrected chi connectivity index (χ4v) is 3.01. The maximum Gasteiger partial charge on any atom is 0.269 e. The highest BCUT2D eigenvalue weighted by atomic mass is 16.6. The van der Waals surface area contributed by atoms with E-state index in [4.69, 9.17) is 15.2 Å². The monoisotopic (exact) mass is 532 g/mol. The molecule has 0 aliphatic rings. The second-order valence-electron chi connectivity index (χ2n) is 7.80. The maximum atomic E-state index is 11.5. The first-order chi connectivity index (χ1) is 18.7. The minimum absolute atomic E-state index is 0.00500. The lowest BCUT2D eigenvalue weighted by Crippen LogP contribution is -2.11. The molecular weight excluding hydrogens is 508 g/mol. The third kappa shape index (κ3) is 9.09. The molecule has 4 rings (SSSR count). The van der Waals surface area contributed by atoms with Crippen LogP contribution in [0.1, 0.15) is 19.8 Å². The van der Waals surface area contributed by atoms with E-state index in [1.54, 1.807) is 24.3 Å². The molecule has 0 aliphatic heterocycles. The SMILES string of the molecule is CCCC(=O)Nc1cc(Oc2ccc([N+](=O)[O-])cc2)ccn1.Nc1cc(Oc2ccc([N+](=O)[O-])cc2)ccn1. The molecule has 0 saturated carbocycles. The Kier molecular flexibility index (Phi) is 9.79. The molecule has 0 atom stereocenters. The van der Waals surface area contributed by atoms with Crippen molar-refractivity contribution in [1.29, 1.82) is 0 Å². The molecule has 2 aromatic heterocycles. The van der Waals surface area contributed by atoms with Gasteiger partial charge in [0.05, 0.1) is 9.85 Å². The average Bonchev–Trinajstić information content (AvgIpc) is 2.90. The van der Waals surface area contributed by atoms with Crippen molar-refractivity contribution >= 4 is 28.9 Å². The van der Waals surface area contributed by atoms with Crippen LogP contribution < -0.4 is 20.5 Å². The number of rotatable bonds is 9. The van der Waals surface area contributed by atoms with Crippen molar-refractivity contribution < 1.29 is 24.1 Å². The third-order valence-corrected chi connectivity index (χ3v) is 4.79. The molecule has 39 heavy (non-hydrogen) atoms. The topological polar surface area (TPSA) is 186 Å². The number of aromatic nitrogens is 2. The Morgan fingerprint density at radius 1 is 0.795 bits per heavy atom. The lowest BCUT2D eigenvalue weighted by molar-refractivity contribution is -0.385. The van der Waals surface area contributed by atoms with Gasteiger partial charge in [0.25, 0.3) is 11.4 Å². The van der Waals surface area contributed by atoms with Gasteiger partial charge in [-0.05, 0) is 42.8 Å². The van der Waals surface area contributed by atoms with Gasteiger partial charge in [0.1, 0.15) is 34.6 Å². The second-order valence-corrected chi connectivity index (χ2v) is 7.80. The minimum atomic E-state index is -0.475. The number of amides is 1. The Hall–Kier alpha value is -5.59. The Labute approximate surface area is 222 Å². The zero-order valence-electron chi connectivity index (χ0n) is 20.7. The van der Waals surface area contributed by atoms with Crippen LogP contribution in [0.3, 0.4) is 0 Å². The van der Waals surface area contributed by atoms with Crippen LogP contribution in [0.5, 0.6) is 23.0 Å². The molecule has 0 spiro atoms. The zero-order chi connectivity index (χ0) is 28.2. The summed E-state index contributed by atoms with van der Waals surface area (Å²) in [6, 6.07) is 18.0. The summed E-state index contributed by atoms with van der Waals surface area (Å²) in [6.45, 7) is 1.92. The zero-order valence-corrected chi connectivity index (χ0v) is 20.7. The van der Waals surface area contributed by atoms with Crippen LogP contribution in [-0.4, -0.2) is 25.7 Å². The van der Waals surface area contributed by atoms with Crippen LogP contribution in [0.2, 0.25) is 0 Å². The lowest BCUT2D eigenvalue weighted by Gasteiger charge is -2.08. The normalized spacial score (nSPS) is 9.97. The first kappa shape index (κ1) is 28.0. The van der Waals surface area contributed by atoms with E-state index in [0.29, 0.717) is 41.1 Å². The highest BCUT2D eigenvalue weighted by Crippen LogP contribution is 2.26. The number of benzene rings is 2. The predicted octanol–water partition coefficient (Wildman–Crippen LogP) is 5.89. The van der Waals surface area contributed by atoms with Crippen LogP contribution in [0, 0.1) is 20.2 Å². The van der Waals surface area contributed by atoms with E-state index in [1.165, 1.54) is 60.9 Å². The van der Waals surface area contributed by atoms with Gasteiger partial charge in [-0.15, -0.1) is 0 Å². The van der Waals surface area contributed by atoms with Crippen molar-refractivity contribution in [1.82, 2.24) is 9.97 Å². The lowest BCUT2D eigenvalue weighted by atomic mass is 10.3. The molecule has 3 N–H and O–H groups in total. The fraction of sp³-hybridized carbons (Fsp3) is 0.115. The Bertz CT molecular complexity index is 1430. The number of anilines is 2. The Morgan fingerprint density at radius 2 is 1.28 bits per heavy atom. The van der Waals surface area contributed by atoms with Gasteiger partial charge in [0, 0.05) is 55.2 Å². The summed E-state index contributed by atoms with van der Waals surface area (Å²) in [5.74, 6) is 2.62. The van der Waals surface area contributed by atoms with Gasteiger partial charge in [-0.2, -0.15) is 0 Å². The summed E-state index contributed by atoms with van der Waals surface area (Å²) in [4.78, 5) is 39.5. The number of non-ortho nitro benzene ring substituents is 2. The molecule has 1 amide bonds. The van der Waals surface area contributed by atoms with E-state index in [1.807, 2.05) is 6.92 Å². The van der Waals surface area contributed by atoms with Gasteiger partial charge in [-0.25, -0.2) is 9.97 Å². The first-order valence-electron chi connectivity index (χ1n) is 11.6. The second kappa shape index (κ2) is 13.6. The molecule has 0 radical (unpaired) electrons. The van der Waals surface area contributed by atoms with Crippen LogP contribution in [0.25, 0.3) is 0 Å². The molecule has 0 aliphatic carbocycles. The molecule has 4 aromatic rings. The average molecular weight is 533 g/mol. The Balaban J connectivity index is 0.000000223. The van der Waals surface area contributed by atoms with Crippen LogP contribution >= 0.6 is 0 Å². The summed E-state index contributed by atoms with van der Waals surface area (Å²) >= 11 is 0. The first-order valence-corrected chi connectivity index (χ1v) is 11.6. The summed E-state index contributed by atoms with van der Waals surface area (Å²) < 4.78 is 11.0. The molecule has 0 saturated heterocycles. The molecule has 2 aromatic carbocycles. The van der Waals surface area contributed by atoms with Gasteiger partial charge in [-0.3, -0.25) is 25.0 Å². The van der Waals surface area contributed by atoms with Crippen molar-refractivity contribution in [3.8, 4) is 23.0 Å². The quantitative estimate of drug-likeness (QED) is 0.194. The van der Waals surface area contributed by atoms with E-state index < -0.39 is 9.85 Å². The number of nitro benzene ring substituents is 2. The standard InChI is InChI=1S/C15H15N3O4.C11H9N3O3/c1-2-3-15(19)17-14-10-13(8-9-16-14)22-12-6-4-11(5-7-12)18(20)21;12-11-7-10(5-6-13-11)17-9-3-1-8(2-4-9)14(15)16/h4-10H,2-3H2,1H3,(H,16,17,19);1-7H,(H2,12,13). The molecule has 0 fully saturated rings. The van der Waals surface area contributed by atoms with E-state index in [0.717, 1.165) is 6.42 Å². The molecule has 200 valence electrons. The molecular formula is C26H24N6O7. The number of hydrogen-bond acceptors (Lipinski definition) is 10. The van der Waals surface area contributed by atoms with E-state index in [9.17, 15) is 25.0 Å². The minimum Gasteiger partial charge on any atom is -0.457 e. The number of nitrogen functional groups attached to an aromatic ring is 1. The van der Waals surface area contributed by atoms with Crippen LogP contribution in [0.15, 0.2) is 85.2 Å². The molecule has 13 heteroatoms. The number of hydrogen-bond donors (Lipinski definition) is 2. The van der Waals surface area contributed by atoms with Crippen LogP contribution in [-0.2, 0) is 4.79 Å². The number of nitro groups is 2. The number of nitrogens with one attached hydrogen (secondary N) is 1. The summed E-state index contributed by atoms with van der Waals surface area (Å²) in [6.07, 6.45) is 4.22. The molecule has 0 bridgehead atoms. The van der Waals surface area contributed by atoms with Crippen molar-refractivity contribution in [2.24, 2.45) is 0 Å². The van der Waals surface area contributed by atoms with E-state index in [2.05, 4.69) is 15.3 Å². The molecule has 0 unspecified atom stereocenters. The maximum absolute atomic E-state index is 11.5. The largest absolute Gasteiger partial charge is 0.457 e. The van der Waals surface area contributed by atoms with E-state index >= 15 is 0 Å². The van der Waals surface area contributed by atoms with Gasteiger partial charge in [0.15, 0.2) is 0 Å². The van der Waals surface area contributed by atoms with Crippen molar-refractivity contribution in [3.63, 3.8) is 0 Å². The summed E-state index contributed by atoms with van der Waals surface area (Å²) in [5, 5.41) is 23.7. The van der Waals surface area contributed by atoms with Crippen LogP contribution in [0.4, 0.5) is 23.0 Å². The molecule has 2 heterocycles. The summed E-state index contributed by atoms with van der Waals surface area (Å²) in [5.41, 5.74) is 5.51. The van der Waals surface area contributed by atoms with Gasteiger partial charge in [0.2, 0.25) is 5.91 Å².